The van der Waals surface area contributed by atoms with Gasteiger partial charge in [-0.15, -0.1) is 11.3 Å². The summed E-state index contributed by atoms with van der Waals surface area (Å²) in [5.74, 6) is 0.221. The smallest absolute Gasteiger partial charge is 0.228 e. The minimum atomic E-state index is 0.221. The Hall–Kier alpha value is -1.76. The highest BCUT2D eigenvalue weighted by Crippen LogP contribution is 2.19. The van der Waals surface area contributed by atoms with E-state index in [1.807, 2.05) is 16.3 Å². The number of likely N-dealkylation sites (tertiary alicyclic amines) is 1. The van der Waals surface area contributed by atoms with E-state index in [2.05, 4.69) is 39.5 Å². The van der Waals surface area contributed by atoms with Gasteiger partial charge in [0.2, 0.25) is 5.91 Å². The Balaban J connectivity index is 1.30. The number of aromatic nitrogens is 1. The number of thiazole rings is 1. The summed E-state index contributed by atoms with van der Waals surface area (Å²) in [5.41, 5.74) is 2.18. The van der Waals surface area contributed by atoms with Crippen LogP contribution in [0.3, 0.4) is 0 Å². The first-order valence-corrected chi connectivity index (χ1v) is 10.4. The van der Waals surface area contributed by atoms with Gasteiger partial charge in [0.1, 0.15) is 0 Å². The van der Waals surface area contributed by atoms with E-state index in [9.17, 15) is 4.79 Å². The van der Waals surface area contributed by atoms with Crippen molar-refractivity contribution in [2.24, 2.45) is 0 Å². The van der Waals surface area contributed by atoms with Crippen LogP contribution in [-0.2, 0) is 17.6 Å². The molecule has 3 heterocycles. The first-order chi connectivity index (χ1) is 12.8. The molecule has 1 aromatic heterocycles. The quantitative estimate of drug-likeness (QED) is 0.872. The lowest BCUT2D eigenvalue weighted by atomic mass is 10.2. The normalized spacial score (nSPS) is 21.2. The third-order valence-corrected chi connectivity index (χ3v) is 6.21. The number of carbonyl (C=O) groups excluding carboxylic acids is 1. The predicted molar refractivity (Wildman–Crippen MR) is 104 cm³/mol. The Kier molecular flexibility index (Phi) is 5.62. The zero-order chi connectivity index (χ0) is 17.8. The highest BCUT2D eigenvalue weighted by molar-refractivity contribution is 7.09. The molecule has 1 atom stereocenters. The Bertz CT molecular complexity index is 726. The summed E-state index contributed by atoms with van der Waals surface area (Å²) >= 11 is 1.66. The molecule has 1 N–H and O–H groups in total. The van der Waals surface area contributed by atoms with Crippen molar-refractivity contribution in [2.45, 2.75) is 25.3 Å². The van der Waals surface area contributed by atoms with Crippen LogP contribution in [0.2, 0.25) is 0 Å². The second-order valence-corrected chi connectivity index (χ2v) is 8.08. The Labute approximate surface area is 159 Å². The monoisotopic (exact) mass is 370 g/mol. The van der Waals surface area contributed by atoms with Crippen LogP contribution in [0.1, 0.15) is 22.7 Å². The van der Waals surface area contributed by atoms with Crippen molar-refractivity contribution in [3.8, 4) is 0 Å². The molecule has 2 aromatic rings. The van der Waals surface area contributed by atoms with Crippen molar-refractivity contribution in [2.75, 3.05) is 39.3 Å². The van der Waals surface area contributed by atoms with E-state index in [1.54, 1.807) is 11.3 Å². The molecule has 5 nitrogen and oxygen atoms in total. The van der Waals surface area contributed by atoms with Gasteiger partial charge < -0.3 is 10.2 Å². The number of carbonyl (C=O) groups is 1. The van der Waals surface area contributed by atoms with Gasteiger partial charge >= 0.3 is 0 Å². The zero-order valence-corrected chi connectivity index (χ0v) is 15.9. The average molecular weight is 371 g/mol. The molecule has 2 fully saturated rings. The highest BCUT2D eigenvalue weighted by atomic mass is 32.1. The second kappa shape index (κ2) is 8.29. The molecule has 2 aliphatic rings. The number of nitrogens with one attached hydrogen (secondary N) is 1. The molecule has 1 unspecified atom stereocenters. The van der Waals surface area contributed by atoms with Crippen molar-refractivity contribution >= 4 is 17.2 Å². The summed E-state index contributed by atoms with van der Waals surface area (Å²) in [6.07, 6.45) is 2.37. The van der Waals surface area contributed by atoms with Crippen LogP contribution in [0, 0.1) is 0 Å². The van der Waals surface area contributed by atoms with E-state index in [4.69, 9.17) is 0 Å². The molecule has 2 aliphatic heterocycles. The Morgan fingerprint density at radius 2 is 2.00 bits per heavy atom. The van der Waals surface area contributed by atoms with Crippen LogP contribution in [0.4, 0.5) is 0 Å². The number of rotatable bonds is 5. The van der Waals surface area contributed by atoms with Crippen molar-refractivity contribution in [1.29, 1.82) is 0 Å². The van der Waals surface area contributed by atoms with Gasteiger partial charge in [0.25, 0.3) is 0 Å². The molecule has 1 amide bonds. The first-order valence-electron chi connectivity index (χ1n) is 9.48. The van der Waals surface area contributed by atoms with Gasteiger partial charge in [0.05, 0.1) is 17.1 Å². The Morgan fingerprint density at radius 1 is 1.19 bits per heavy atom. The summed E-state index contributed by atoms with van der Waals surface area (Å²) in [7, 11) is 0. The lowest BCUT2D eigenvalue weighted by Gasteiger charge is -2.32. The lowest BCUT2D eigenvalue weighted by Crippen LogP contribution is -2.49. The standard InChI is InChI=1S/C20H26N4OS/c25-20(24-9-6-18(14-24)23-10-7-21-8-11-23)13-17-15-26-19(22-17)12-16-4-2-1-3-5-16/h1-5,15,18,21H,6-14H2. The van der Waals surface area contributed by atoms with Crippen molar-refractivity contribution in [1.82, 2.24) is 20.1 Å². The molecule has 0 radical (unpaired) electrons. The minimum Gasteiger partial charge on any atom is -0.341 e. The molecule has 6 heteroatoms. The maximum atomic E-state index is 12.7. The number of hydrogen-bond acceptors (Lipinski definition) is 5. The van der Waals surface area contributed by atoms with Crippen molar-refractivity contribution < 1.29 is 4.79 Å². The van der Waals surface area contributed by atoms with Gasteiger partial charge in [-0.1, -0.05) is 30.3 Å². The van der Waals surface area contributed by atoms with Crippen molar-refractivity contribution in [3.63, 3.8) is 0 Å². The largest absolute Gasteiger partial charge is 0.341 e. The topological polar surface area (TPSA) is 48.5 Å². The van der Waals surface area contributed by atoms with Gasteiger partial charge in [-0.05, 0) is 12.0 Å². The predicted octanol–water partition coefficient (Wildman–Crippen LogP) is 1.78. The zero-order valence-electron chi connectivity index (χ0n) is 15.1. The third kappa shape index (κ3) is 4.31. The van der Waals surface area contributed by atoms with Gasteiger partial charge in [-0.2, -0.15) is 0 Å². The number of benzene rings is 1. The van der Waals surface area contributed by atoms with Crippen LogP contribution in [0.5, 0.6) is 0 Å². The van der Waals surface area contributed by atoms with E-state index in [-0.39, 0.29) is 5.91 Å². The number of amides is 1. The van der Waals surface area contributed by atoms with Crippen LogP contribution in [0.25, 0.3) is 0 Å². The minimum absolute atomic E-state index is 0.221. The second-order valence-electron chi connectivity index (χ2n) is 7.14. The molecule has 0 spiro atoms. The summed E-state index contributed by atoms with van der Waals surface area (Å²) < 4.78 is 0. The molecule has 0 aliphatic carbocycles. The molecular weight excluding hydrogens is 344 g/mol. The summed E-state index contributed by atoms with van der Waals surface area (Å²) in [6, 6.07) is 10.9. The molecule has 26 heavy (non-hydrogen) atoms. The molecule has 4 rings (SSSR count). The molecule has 138 valence electrons. The molecular formula is C20H26N4OS. The maximum absolute atomic E-state index is 12.7. The number of hydrogen-bond donors (Lipinski definition) is 1. The van der Waals surface area contributed by atoms with Gasteiger partial charge in [0.15, 0.2) is 0 Å². The molecule has 2 saturated heterocycles. The fourth-order valence-electron chi connectivity index (χ4n) is 3.86. The van der Waals surface area contributed by atoms with E-state index < -0.39 is 0 Å². The lowest BCUT2D eigenvalue weighted by molar-refractivity contribution is -0.129. The molecule has 1 aromatic carbocycles. The van der Waals surface area contributed by atoms with Crippen LogP contribution in [0.15, 0.2) is 35.7 Å². The van der Waals surface area contributed by atoms with Crippen LogP contribution >= 0.6 is 11.3 Å². The van der Waals surface area contributed by atoms with Crippen LogP contribution < -0.4 is 5.32 Å². The summed E-state index contributed by atoms with van der Waals surface area (Å²) in [4.78, 5) is 21.9. The summed E-state index contributed by atoms with van der Waals surface area (Å²) in [6.45, 7) is 6.08. The molecule has 0 bridgehead atoms. The SMILES string of the molecule is O=C(Cc1csc(Cc2ccccc2)n1)N1CCC(N2CCNCC2)C1. The number of nitrogens with zero attached hydrogens (tertiary/aromatic N) is 3. The number of piperazine rings is 1. The highest BCUT2D eigenvalue weighted by Gasteiger charge is 2.30. The van der Waals surface area contributed by atoms with Crippen LogP contribution in [-0.4, -0.2) is 66.0 Å². The Morgan fingerprint density at radius 3 is 2.81 bits per heavy atom. The van der Waals surface area contributed by atoms with Crippen molar-refractivity contribution in [3.05, 3.63) is 52.0 Å². The van der Waals surface area contributed by atoms with E-state index in [0.29, 0.717) is 12.5 Å². The third-order valence-electron chi connectivity index (χ3n) is 5.31. The van der Waals surface area contributed by atoms with E-state index in [1.165, 1.54) is 5.56 Å². The maximum Gasteiger partial charge on any atom is 0.228 e. The average Bonchev–Trinajstić information content (AvgIpc) is 3.33. The first kappa shape index (κ1) is 17.6. The van der Waals surface area contributed by atoms with Gasteiger partial charge in [0, 0.05) is 57.1 Å². The molecule has 0 saturated carbocycles. The van der Waals surface area contributed by atoms with Gasteiger partial charge in [-0.3, -0.25) is 9.69 Å². The van der Waals surface area contributed by atoms with Gasteiger partial charge in [-0.25, -0.2) is 4.98 Å². The summed E-state index contributed by atoms with van der Waals surface area (Å²) in [5, 5.41) is 6.52. The fraction of sp³-hybridized carbons (Fsp3) is 0.500. The fourth-order valence-corrected chi connectivity index (χ4v) is 4.69. The van der Waals surface area contributed by atoms with E-state index in [0.717, 1.165) is 62.8 Å². The van der Waals surface area contributed by atoms with E-state index >= 15 is 0 Å².